The molecule has 5 nitrogen and oxygen atoms in total. The van der Waals surface area contributed by atoms with Crippen molar-refractivity contribution in [2.24, 2.45) is 0 Å². The molecule has 1 aliphatic rings. The van der Waals surface area contributed by atoms with Crippen LogP contribution < -0.4 is 5.32 Å². The Hall–Kier alpha value is -2.47. The molecule has 4 rings (SSSR count). The van der Waals surface area contributed by atoms with Gasteiger partial charge in [0.25, 0.3) is 0 Å². The molecule has 0 bridgehead atoms. The highest BCUT2D eigenvalue weighted by molar-refractivity contribution is 5.57. The molecule has 1 N–H and O–H groups in total. The Labute approximate surface area is 139 Å². The number of rotatable bonds is 4. The first kappa shape index (κ1) is 15.1. The molecule has 3 aromatic rings. The second-order valence-corrected chi connectivity index (χ2v) is 6.15. The third kappa shape index (κ3) is 3.10. The second kappa shape index (κ2) is 6.20. The van der Waals surface area contributed by atoms with E-state index < -0.39 is 0 Å². The molecular formula is C18H19FN4O. The molecule has 0 radical (unpaired) electrons. The van der Waals surface area contributed by atoms with Gasteiger partial charge >= 0.3 is 0 Å². The van der Waals surface area contributed by atoms with Crippen LogP contribution in [0.1, 0.15) is 23.8 Å². The van der Waals surface area contributed by atoms with Crippen LogP contribution in [0, 0.1) is 12.7 Å². The largest absolute Gasteiger partial charge is 0.460 e. The maximum absolute atomic E-state index is 13.0. The minimum absolute atomic E-state index is 0.243. The van der Waals surface area contributed by atoms with Gasteiger partial charge in [-0.25, -0.2) is 14.1 Å². The van der Waals surface area contributed by atoms with E-state index in [9.17, 15) is 4.39 Å². The van der Waals surface area contributed by atoms with Gasteiger partial charge in [-0.2, -0.15) is 5.10 Å². The van der Waals surface area contributed by atoms with Gasteiger partial charge in [0.05, 0.1) is 13.1 Å². The van der Waals surface area contributed by atoms with Gasteiger partial charge in [0, 0.05) is 18.0 Å². The summed E-state index contributed by atoms with van der Waals surface area (Å²) in [5, 5.41) is 7.94. The van der Waals surface area contributed by atoms with E-state index >= 15 is 0 Å². The fourth-order valence-electron chi connectivity index (χ4n) is 3.09. The minimum Gasteiger partial charge on any atom is -0.460 e. The molecular weight excluding hydrogens is 307 g/mol. The van der Waals surface area contributed by atoms with Crippen molar-refractivity contribution < 1.29 is 8.81 Å². The molecule has 1 aliphatic heterocycles. The average Bonchev–Trinajstić information content (AvgIpc) is 3.18. The van der Waals surface area contributed by atoms with E-state index in [2.05, 4.69) is 15.4 Å². The van der Waals surface area contributed by atoms with Gasteiger partial charge in [-0.15, -0.1) is 0 Å². The molecule has 2 aromatic heterocycles. The van der Waals surface area contributed by atoms with Crippen LogP contribution in [0.4, 0.5) is 4.39 Å². The SMILES string of the molecule is Cc1nc2n(n1)CC(NCc1ccc(-c3ccc(F)cc3)o1)CC2. The van der Waals surface area contributed by atoms with Crippen LogP contribution in [0.3, 0.4) is 0 Å². The first-order valence-electron chi connectivity index (χ1n) is 8.16. The molecule has 0 saturated carbocycles. The zero-order valence-electron chi connectivity index (χ0n) is 13.5. The first-order chi connectivity index (χ1) is 11.7. The Bertz CT molecular complexity index is 837. The Morgan fingerprint density at radius 2 is 2.08 bits per heavy atom. The topological polar surface area (TPSA) is 55.9 Å². The number of aromatic nitrogens is 3. The van der Waals surface area contributed by atoms with Crippen LogP contribution in [0.5, 0.6) is 0 Å². The van der Waals surface area contributed by atoms with Gasteiger partial charge < -0.3 is 9.73 Å². The highest BCUT2D eigenvalue weighted by atomic mass is 19.1. The molecule has 0 amide bonds. The number of fused-ring (bicyclic) bond motifs is 1. The minimum atomic E-state index is -0.243. The summed E-state index contributed by atoms with van der Waals surface area (Å²) >= 11 is 0. The Morgan fingerprint density at radius 1 is 1.25 bits per heavy atom. The van der Waals surface area contributed by atoms with E-state index in [0.29, 0.717) is 12.6 Å². The normalized spacial score (nSPS) is 17.0. The fourth-order valence-corrected chi connectivity index (χ4v) is 3.09. The number of hydrogen-bond acceptors (Lipinski definition) is 4. The van der Waals surface area contributed by atoms with Crippen molar-refractivity contribution in [1.82, 2.24) is 20.1 Å². The summed E-state index contributed by atoms with van der Waals surface area (Å²) in [6.45, 7) is 3.42. The van der Waals surface area contributed by atoms with E-state index in [0.717, 1.165) is 48.1 Å². The van der Waals surface area contributed by atoms with Gasteiger partial charge in [-0.3, -0.25) is 0 Å². The molecule has 6 heteroatoms. The number of aryl methyl sites for hydroxylation is 2. The molecule has 1 unspecified atom stereocenters. The average molecular weight is 326 g/mol. The zero-order valence-corrected chi connectivity index (χ0v) is 13.5. The van der Waals surface area contributed by atoms with E-state index in [-0.39, 0.29) is 5.82 Å². The smallest absolute Gasteiger partial charge is 0.147 e. The number of nitrogens with zero attached hydrogens (tertiary/aromatic N) is 3. The zero-order chi connectivity index (χ0) is 16.5. The highest BCUT2D eigenvalue weighted by Crippen LogP contribution is 2.22. The first-order valence-corrected chi connectivity index (χ1v) is 8.16. The summed E-state index contributed by atoms with van der Waals surface area (Å²) in [4.78, 5) is 4.43. The second-order valence-electron chi connectivity index (χ2n) is 6.15. The molecule has 0 spiro atoms. The quantitative estimate of drug-likeness (QED) is 0.800. The molecule has 24 heavy (non-hydrogen) atoms. The van der Waals surface area contributed by atoms with Gasteiger partial charge in [0.15, 0.2) is 0 Å². The van der Waals surface area contributed by atoms with E-state index in [1.165, 1.54) is 12.1 Å². The van der Waals surface area contributed by atoms with Crippen LogP contribution in [-0.4, -0.2) is 20.8 Å². The maximum atomic E-state index is 13.0. The van der Waals surface area contributed by atoms with Crippen molar-refractivity contribution >= 4 is 0 Å². The van der Waals surface area contributed by atoms with Crippen LogP contribution in [0.25, 0.3) is 11.3 Å². The van der Waals surface area contributed by atoms with Crippen molar-refractivity contribution in [2.45, 2.75) is 38.9 Å². The predicted molar refractivity (Wildman–Crippen MR) is 87.8 cm³/mol. The van der Waals surface area contributed by atoms with E-state index in [1.54, 1.807) is 12.1 Å². The van der Waals surface area contributed by atoms with Gasteiger partial charge in [-0.1, -0.05) is 0 Å². The van der Waals surface area contributed by atoms with Crippen molar-refractivity contribution in [3.63, 3.8) is 0 Å². The van der Waals surface area contributed by atoms with Crippen molar-refractivity contribution in [3.05, 3.63) is 59.6 Å². The van der Waals surface area contributed by atoms with Crippen LogP contribution in [0.2, 0.25) is 0 Å². The van der Waals surface area contributed by atoms with Crippen LogP contribution >= 0.6 is 0 Å². The molecule has 0 aliphatic carbocycles. The summed E-state index contributed by atoms with van der Waals surface area (Å²) in [7, 11) is 0. The summed E-state index contributed by atoms with van der Waals surface area (Å²) in [5.74, 6) is 3.29. The molecule has 3 heterocycles. The lowest BCUT2D eigenvalue weighted by Gasteiger charge is -2.23. The summed E-state index contributed by atoms with van der Waals surface area (Å²) in [6.07, 6.45) is 1.99. The van der Waals surface area contributed by atoms with Crippen molar-refractivity contribution in [3.8, 4) is 11.3 Å². The lowest BCUT2D eigenvalue weighted by molar-refractivity contribution is 0.345. The molecule has 0 fully saturated rings. The number of nitrogens with one attached hydrogen (secondary N) is 1. The monoisotopic (exact) mass is 326 g/mol. The summed E-state index contributed by atoms with van der Waals surface area (Å²) in [6, 6.07) is 10.6. The molecule has 0 saturated heterocycles. The third-order valence-electron chi connectivity index (χ3n) is 4.32. The van der Waals surface area contributed by atoms with E-state index in [1.807, 2.05) is 23.7 Å². The van der Waals surface area contributed by atoms with Gasteiger partial charge in [-0.05, 0) is 49.7 Å². The van der Waals surface area contributed by atoms with E-state index in [4.69, 9.17) is 4.42 Å². The fraction of sp³-hybridized carbons (Fsp3) is 0.333. The Morgan fingerprint density at radius 3 is 2.92 bits per heavy atom. The molecule has 1 atom stereocenters. The lowest BCUT2D eigenvalue weighted by atomic mass is 10.1. The predicted octanol–water partition coefficient (Wildman–Crippen LogP) is 3.09. The van der Waals surface area contributed by atoms with Crippen molar-refractivity contribution in [1.29, 1.82) is 0 Å². The van der Waals surface area contributed by atoms with Crippen LogP contribution in [-0.2, 0) is 19.5 Å². The van der Waals surface area contributed by atoms with Gasteiger partial charge in [0.1, 0.15) is 29.0 Å². The number of halogens is 1. The lowest BCUT2D eigenvalue weighted by Crippen LogP contribution is -2.37. The summed E-state index contributed by atoms with van der Waals surface area (Å²) < 4.78 is 20.8. The third-order valence-corrected chi connectivity index (χ3v) is 4.32. The molecule has 124 valence electrons. The van der Waals surface area contributed by atoms with Crippen molar-refractivity contribution in [2.75, 3.05) is 0 Å². The maximum Gasteiger partial charge on any atom is 0.147 e. The molecule has 1 aromatic carbocycles. The van der Waals surface area contributed by atoms with Gasteiger partial charge in [0.2, 0.25) is 0 Å². The number of hydrogen-bond donors (Lipinski definition) is 1. The Kier molecular flexibility index (Phi) is 3.90. The standard InChI is InChI=1S/C18H19FN4O/c1-12-21-18-9-6-15(11-23(18)22-12)20-10-16-7-8-17(24-16)13-2-4-14(19)5-3-13/h2-5,7-8,15,20H,6,9-11H2,1H3. The van der Waals surface area contributed by atoms with Crippen LogP contribution in [0.15, 0.2) is 40.8 Å². The number of furan rings is 1. The number of benzene rings is 1. The summed E-state index contributed by atoms with van der Waals surface area (Å²) in [5.41, 5.74) is 0.878. The highest BCUT2D eigenvalue weighted by Gasteiger charge is 2.20. The Balaban J connectivity index is 1.38.